The van der Waals surface area contributed by atoms with E-state index < -0.39 is 0 Å². The first-order valence-corrected chi connectivity index (χ1v) is 6.02. The Morgan fingerprint density at radius 3 is 3.00 bits per heavy atom. The molecule has 0 amide bonds. The molecular weight excluding hydrogens is 204 g/mol. The Morgan fingerprint density at radius 2 is 2.38 bits per heavy atom. The van der Waals surface area contributed by atoms with Gasteiger partial charge in [-0.2, -0.15) is 0 Å². The average molecular weight is 217 g/mol. The van der Waals surface area contributed by atoms with Crippen molar-refractivity contribution >= 4 is 29.1 Å². The van der Waals surface area contributed by atoms with E-state index in [1.165, 1.54) is 0 Å². The number of ketones is 1. The number of hydrogen-bond donors (Lipinski definition) is 0. The first kappa shape index (κ1) is 9.60. The van der Waals surface area contributed by atoms with Gasteiger partial charge < -0.3 is 0 Å². The summed E-state index contributed by atoms with van der Waals surface area (Å²) < 4.78 is -0.336. The molecule has 1 fully saturated rings. The van der Waals surface area contributed by atoms with Gasteiger partial charge >= 0.3 is 0 Å². The molecule has 1 heterocycles. The summed E-state index contributed by atoms with van der Waals surface area (Å²) in [6, 6.07) is 0. The van der Waals surface area contributed by atoms with E-state index in [1.807, 2.05) is 5.41 Å². The number of Topliss-reactive ketones (excluding diaryl/α,β-unsaturated/α-hetero) is 1. The monoisotopic (exact) mass is 216 g/mol. The Balaban J connectivity index is 2.09. The smallest absolute Gasteiger partial charge is 0.138 e. The van der Waals surface area contributed by atoms with E-state index in [2.05, 4.69) is 6.08 Å². The van der Waals surface area contributed by atoms with Gasteiger partial charge in [-0.1, -0.05) is 12.5 Å². The number of alkyl halides is 1. The molecule has 1 aliphatic heterocycles. The second-order valence-corrected chi connectivity index (χ2v) is 5.88. The molecule has 72 valence electrons. The first-order chi connectivity index (χ1) is 6.22. The van der Waals surface area contributed by atoms with Crippen LogP contribution in [0.1, 0.15) is 32.1 Å². The van der Waals surface area contributed by atoms with Crippen LogP contribution in [0.3, 0.4) is 0 Å². The van der Waals surface area contributed by atoms with Crippen molar-refractivity contribution in [1.82, 2.24) is 0 Å². The number of halogens is 1. The van der Waals surface area contributed by atoms with Crippen LogP contribution in [-0.2, 0) is 4.79 Å². The highest BCUT2D eigenvalue weighted by Gasteiger charge is 2.42. The van der Waals surface area contributed by atoms with Crippen LogP contribution in [0.25, 0.3) is 0 Å². The molecule has 0 radical (unpaired) electrons. The van der Waals surface area contributed by atoms with Crippen molar-refractivity contribution in [3.63, 3.8) is 0 Å². The molecule has 0 N–H and O–H groups in total. The molecule has 1 aliphatic carbocycles. The van der Waals surface area contributed by atoms with Crippen LogP contribution in [-0.4, -0.2) is 9.99 Å². The van der Waals surface area contributed by atoms with Gasteiger partial charge in [0.2, 0.25) is 0 Å². The molecule has 0 aromatic rings. The fraction of sp³-hybridized carbons (Fsp3) is 0.700. The van der Waals surface area contributed by atoms with E-state index in [0.29, 0.717) is 5.78 Å². The van der Waals surface area contributed by atoms with Crippen LogP contribution >= 0.6 is 23.4 Å². The highest BCUT2D eigenvalue weighted by Crippen LogP contribution is 2.49. The summed E-state index contributed by atoms with van der Waals surface area (Å²) in [5, 5.41) is 2.02. The van der Waals surface area contributed by atoms with E-state index >= 15 is 0 Å². The zero-order chi connectivity index (χ0) is 9.31. The van der Waals surface area contributed by atoms with Gasteiger partial charge in [0.05, 0.1) is 0 Å². The molecule has 0 saturated heterocycles. The second-order valence-electron chi connectivity index (χ2n) is 3.74. The molecule has 2 unspecified atom stereocenters. The minimum atomic E-state index is -0.336. The van der Waals surface area contributed by atoms with Crippen molar-refractivity contribution in [1.29, 1.82) is 0 Å². The number of carbonyl (C=O) groups is 1. The molecule has 2 rings (SSSR count). The van der Waals surface area contributed by atoms with Gasteiger partial charge in [0, 0.05) is 12.3 Å². The molecule has 2 atom stereocenters. The van der Waals surface area contributed by atoms with Gasteiger partial charge in [0.25, 0.3) is 0 Å². The van der Waals surface area contributed by atoms with Crippen LogP contribution in [0.4, 0.5) is 0 Å². The third-order valence-electron chi connectivity index (χ3n) is 2.83. The molecule has 1 saturated carbocycles. The molecule has 1 nitrogen and oxygen atoms in total. The molecule has 0 aromatic carbocycles. The normalized spacial score (nSPS) is 39.8. The lowest BCUT2D eigenvalue weighted by Crippen LogP contribution is -2.34. The maximum Gasteiger partial charge on any atom is 0.138 e. The molecule has 13 heavy (non-hydrogen) atoms. The Bertz CT molecular complexity index is 241. The van der Waals surface area contributed by atoms with Crippen LogP contribution in [0.2, 0.25) is 0 Å². The lowest BCUT2D eigenvalue weighted by atomic mass is 9.84. The first-order valence-electron chi connectivity index (χ1n) is 4.77. The van der Waals surface area contributed by atoms with Crippen molar-refractivity contribution in [2.24, 2.45) is 5.92 Å². The number of thioether (sulfide) groups is 1. The average Bonchev–Trinajstić information content (AvgIpc) is 2.54. The van der Waals surface area contributed by atoms with Gasteiger partial charge in [-0.25, -0.2) is 0 Å². The van der Waals surface area contributed by atoms with Crippen molar-refractivity contribution < 1.29 is 4.79 Å². The minimum absolute atomic E-state index is 0.0860. The second kappa shape index (κ2) is 3.66. The van der Waals surface area contributed by atoms with Crippen LogP contribution in [0, 0.1) is 5.92 Å². The molecule has 0 aromatic heterocycles. The number of allylic oxidation sites excluding steroid dienone is 1. The van der Waals surface area contributed by atoms with Crippen molar-refractivity contribution in [2.45, 2.75) is 36.3 Å². The van der Waals surface area contributed by atoms with Crippen LogP contribution in [0.15, 0.2) is 11.5 Å². The maximum absolute atomic E-state index is 11.7. The summed E-state index contributed by atoms with van der Waals surface area (Å²) in [6.07, 6.45) is 6.84. The zero-order valence-electron chi connectivity index (χ0n) is 7.46. The van der Waals surface area contributed by atoms with E-state index in [4.69, 9.17) is 11.6 Å². The van der Waals surface area contributed by atoms with Gasteiger partial charge in [-0.05, 0) is 24.7 Å². The number of hydrogen-bond acceptors (Lipinski definition) is 2. The minimum Gasteiger partial charge on any atom is -0.299 e. The van der Waals surface area contributed by atoms with E-state index in [-0.39, 0.29) is 10.1 Å². The summed E-state index contributed by atoms with van der Waals surface area (Å²) >= 11 is 8.04. The van der Waals surface area contributed by atoms with Gasteiger partial charge in [0.15, 0.2) is 0 Å². The molecular formula is C10H13ClOS. The fourth-order valence-electron chi connectivity index (χ4n) is 2.08. The summed E-state index contributed by atoms with van der Waals surface area (Å²) in [4.78, 5) is 11.7. The van der Waals surface area contributed by atoms with Crippen LogP contribution in [0.5, 0.6) is 0 Å². The van der Waals surface area contributed by atoms with Gasteiger partial charge in [-0.15, -0.1) is 23.4 Å². The standard InChI is InChI=1S/C10H13ClOS/c11-10(6-3-7-13-10)8-4-1-2-5-9(8)12/h3,7-8H,1-2,4-6H2. The number of rotatable bonds is 1. The topological polar surface area (TPSA) is 17.1 Å². The Kier molecular flexibility index (Phi) is 2.70. The fourth-order valence-corrected chi connectivity index (χ4v) is 3.58. The molecule has 0 spiro atoms. The number of carbonyl (C=O) groups excluding carboxylic acids is 1. The SMILES string of the molecule is O=C1CCCCC1C1(Cl)CC=CS1. The summed E-state index contributed by atoms with van der Waals surface area (Å²) in [5.41, 5.74) is 0. The van der Waals surface area contributed by atoms with Gasteiger partial charge in [-0.3, -0.25) is 4.79 Å². The Labute approximate surface area is 87.9 Å². The third kappa shape index (κ3) is 1.79. The zero-order valence-corrected chi connectivity index (χ0v) is 9.03. The molecule has 3 heteroatoms. The lowest BCUT2D eigenvalue weighted by Gasteiger charge is -2.32. The summed E-state index contributed by atoms with van der Waals surface area (Å²) in [7, 11) is 0. The van der Waals surface area contributed by atoms with Crippen molar-refractivity contribution in [3.05, 3.63) is 11.5 Å². The van der Waals surface area contributed by atoms with E-state index in [1.54, 1.807) is 11.8 Å². The van der Waals surface area contributed by atoms with Crippen molar-refractivity contribution in [3.8, 4) is 0 Å². The molecule has 2 aliphatic rings. The summed E-state index contributed by atoms with van der Waals surface area (Å²) in [5.74, 6) is 0.459. The predicted octanol–water partition coefficient (Wildman–Crippen LogP) is 3.33. The quantitative estimate of drug-likeness (QED) is 0.626. The highest BCUT2D eigenvalue weighted by atomic mass is 35.5. The highest BCUT2D eigenvalue weighted by molar-refractivity contribution is 8.04. The lowest BCUT2D eigenvalue weighted by molar-refractivity contribution is -0.124. The van der Waals surface area contributed by atoms with Crippen LogP contribution < -0.4 is 0 Å². The summed E-state index contributed by atoms with van der Waals surface area (Å²) in [6.45, 7) is 0. The maximum atomic E-state index is 11.7. The largest absolute Gasteiger partial charge is 0.299 e. The van der Waals surface area contributed by atoms with Crippen molar-refractivity contribution in [2.75, 3.05) is 0 Å². The van der Waals surface area contributed by atoms with Gasteiger partial charge in [0.1, 0.15) is 9.99 Å². The predicted molar refractivity (Wildman–Crippen MR) is 56.9 cm³/mol. The van der Waals surface area contributed by atoms with E-state index in [9.17, 15) is 4.79 Å². The molecule has 0 bridgehead atoms. The Hall–Kier alpha value is 0.0500. The Morgan fingerprint density at radius 1 is 1.54 bits per heavy atom. The van der Waals surface area contributed by atoms with E-state index in [0.717, 1.165) is 32.1 Å². The third-order valence-corrected chi connectivity index (χ3v) is 4.69.